The van der Waals surface area contributed by atoms with Gasteiger partial charge in [-0.05, 0) is 12.1 Å². The molecular formula is C14H16O6. The molecule has 1 N–H and O–H groups in total. The summed E-state index contributed by atoms with van der Waals surface area (Å²) in [5, 5.41) is 9.44. The molecule has 0 aliphatic carbocycles. The van der Waals surface area contributed by atoms with Gasteiger partial charge in [-0.1, -0.05) is 18.7 Å². The number of carbonyl (C=O) groups excluding carboxylic acids is 2. The van der Waals surface area contributed by atoms with Crippen molar-refractivity contribution in [1.29, 1.82) is 0 Å². The molecule has 0 atom stereocenters. The summed E-state index contributed by atoms with van der Waals surface area (Å²) in [5.74, 6) is -1.26. The molecular weight excluding hydrogens is 264 g/mol. The summed E-state index contributed by atoms with van der Waals surface area (Å²) in [6.07, 6.45) is 1.06. The molecule has 0 aliphatic rings. The molecule has 108 valence electrons. The van der Waals surface area contributed by atoms with Gasteiger partial charge in [-0.3, -0.25) is 0 Å². The Bertz CT molecular complexity index is 468. The van der Waals surface area contributed by atoms with Gasteiger partial charge >= 0.3 is 11.9 Å². The van der Waals surface area contributed by atoms with Gasteiger partial charge in [-0.15, -0.1) is 0 Å². The maximum absolute atomic E-state index is 11.6. The lowest BCUT2D eigenvalue weighted by Gasteiger charge is -2.07. The molecule has 0 saturated carbocycles. The van der Waals surface area contributed by atoms with E-state index >= 15 is 0 Å². The molecule has 0 bridgehead atoms. The molecule has 1 aromatic rings. The minimum atomic E-state index is -0.621. The second kappa shape index (κ2) is 8.71. The Hall–Kier alpha value is -2.34. The lowest BCUT2D eigenvalue weighted by molar-refractivity contribution is -0.139. The minimum absolute atomic E-state index is 0.0442. The summed E-state index contributed by atoms with van der Waals surface area (Å²) in [4.78, 5) is 22.3. The van der Waals surface area contributed by atoms with E-state index in [9.17, 15) is 14.7 Å². The van der Waals surface area contributed by atoms with Gasteiger partial charge in [0.15, 0.2) is 0 Å². The Morgan fingerprint density at radius 3 is 2.40 bits per heavy atom. The van der Waals surface area contributed by atoms with Crippen LogP contribution in [0.2, 0.25) is 0 Å². The molecule has 6 nitrogen and oxygen atoms in total. The first kappa shape index (κ1) is 15.7. The third-order valence-electron chi connectivity index (χ3n) is 2.22. The Morgan fingerprint density at radius 2 is 1.75 bits per heavy atom. The van der Waals surface area contributed by atoms with Crippen molar-refractivity contribution in [3.63, 3.8) is 0 Å². The number of phenolic OH excluding ortho intramolecular Hbond substituents is 1. The van der Waals surface area contributed by atoms with E-state index < -0.39 is 11.9 Å². The van der Waals surface area contributed by atoms with E-state index in [1.807, 2.05) is 0 Å². The third kappa shape index (κ3) is 5.53. The van der Waals surface area contributed by atoms with E-state index in [1.54, 1.807) is 12.1 Å². The number of aromatic hydroxyl groups is 1. The summed E-state index contributed by atoms with van der Waals surface area (Å²) in [6, 6.07) is 6.11. The molecule has 6 heteroatoms. The molecule has 0 amide bonds. The van der Waals surface area contributed by atoms with Gasteiger partial charge in [0, 0.05) is 6.08 Å². The van der Waals surface area contributed by atoms with E-state index in [2.05, 4.69) is 11.3 Å². The van der Waals surface area contributed by atoms with Crippen LogP contribution in [0, 0.1) is 0 Å². The number of benzene rings is 1. The zero-order chi connectivity index (χ0) is 14.8. The Kier molecular flexibility index (Phi) is 6.84. The van der Waals surface area contributed by atoms with Crippen LogP contribution in [0.15, 0.2) is 36.9 Å². The molecule has 0 unspecified atom stereocenters. The van der Waals surface area contributed by atoms with Crippen LogP contribution in [-0.4, -0.2) is 43.5 Å². The molecule has 0 radical (unpaired) electrons. The van der Waals surface area contributed by atoms with Crippen molar-refractivity contribution in [2.24, 2.45) is 0 Å². The number of carbonyl (C=O) groups is 2. The predicted molar refractivity (Wildman–Crippen MR) is 70.4 cm³/mol. The summed E-state index contributed by atoms with van der Waals surface area (Å²) in [6.45, 7) is 3.78. The predicted octanol–water partition coefficient (Wildman–Crippen LogP) is 1.29. The minimum Gasteiger partial charge on any atom is -0.507 e. The van der Waals surface area contributed by atoms with Crippen molar-refractivity contribution in [2.75, 3.05) is 26.4 Å². The molecule has 0 aromatic heterocycles. The topological polar surface area (TPSA) is 82.1 Å². The molecule has 20 heavy (non-hydrogen) atoms. The molecule has 1 rings (SSSR count). The highest BCUT2D eigenvalue weighted by molar-refractivity contribution is 5.92. The average molecular weight is 280 g/mol. The van der Waals surface area contributed by atoms with Crippen molar-refractivity contribution < 1.29 is 28.9 Å². The second-order valence-corrected chi connectivity index (χ2v) is 3.64. The van der Waals surface area contributed by atoms with Crippen LogP contribution in [-0.2, 0) is 19.0 Å². The number of esters is 2. The molecule has 0 saturated heterocycles. The highest BCUT2D eigenvalue weighted by Crippen LogP contribution is 2.16. The van der Waals surface area contributed by atoms with Crippen LogP contribution in [0.1, 0.15) is 10.4 Å². The highest BCUT2D eigenvalue weighted by atomic mass is 16.6. The summed E-state index contributed by atoms with van der Waals surface area (Å²) in [7, 11) is 0. The Labute approximate surface area is 116 Å². The molecule has 0 aliphatic heterocycles. The van der Waals surface area contributed by atoms with Crippen LogP contribution in [0.4, 0.5) is 0 Å². The van der Waals surface area contributed by atoms with Crippen LogP contribution >= 0.6 is 0 Å². The van der Waals surface area contributed by atoms with Crippen molar-refractivity contribution in [3.05, 3.63) is 42.5 Å². The maximum Gasteiger partial charge on any atom is 0.341 e. The zero-order valence-corrected chi connectivity index (χ0v) is 10.9. The first-order chi connectivity index (χ1) is 9.65. The number of rotatable bonds is 8. The summed E-state index contributed by atoms with van der Waals surface area (Å²) >= 11 is 0. The van der Waals surface area contributed by atoms with Gasteiger partial charge in [0.25, 0.3) is 0 Å². The quantitative estimate of drug-likeness (QED) is 0.439. The fourth-order valence-corrected chi connectivity index (χ4v) is 1.28. The van der Waals surface area contributed by atoms with Gasteiger partial charge in [0.2, 0.25) is 0 Å². The van der Waals surface area contributed by atoms with Crippen molar-refractivity contribution in [3.8, 4) is 5.75 Å². The maximum atomic E-state index is 11.6. The first-order valence-corrected chi connectivity index (χ1v) is 5.97. The normalized spacial score (nSPS) is 9.80. The van der Waals surface area contributed by atoms with Crippen LogP contribution in [0.5, 0.6) is 5.75 Å². The van der Waals surface area contributed by atoms with E-state index in [4.69, 9.17) is 9.47 Å². The van der Waals surface area contributed by atoms with Gasteiger partial charge in [-0.25, -0.2) is 9.59 Å². The van der Waals surface area contributed by atoms with Gasteiger partial charge in [0.1, 0.15) is 24.5 Å². The van der Waals surface area contributed by atoms with Crippen molar-refractivity contribution in [2.45, 2.75) is 0 Å². The standard InChI is InChI=1S/C14H16O6/c1-2-13(16)19-9-7-18-8-10-20-14(17)11-5-3-4-6-12(11)15/h2-6,15H,1,7-10H2. The number of para-hydroxylation sites is 1. The lowest BCUT2D eigenvalue weighted by Crippen LogP contribution is -2.14. The van der Waals surface area contributed by atoms with Crippen molar-refractivity contribution in [1.82, 2.24) is 0 Å². The average Bonchev–Trinajstić information content (AvgIpc) is 2.46. The Balaban J connectivity index is 2.13. The summed E-state index contributed by atoms with van der Waals surface area (Å²) in [5.41, 5.74) is 0.104. The monoisotopic (exact) mass is 280 g/mol. The fourth-order valence-electron chi connectivity index (χ4n) is 1.28. The van der Waals surface area contributed by atoms with E-state index in [0.29, 0.717) is 0 Å². The number of phenols is 1. The van der Waals surface area contributed by atoms with Crippen LogP contribution < -0.4 is 0 Å². The largest absolute Gasteiger partial charge is 0.507 e. The van der Waals surface area contributed by atoms with E-state index in [0.717, 1.165) is 6.08 Å². The number of ether oxygens (including phenoxy) is 3. The van der Waals surface area contributed by atoms with Crippen LogP contribution in [0.3, 0.4) is 0 Å². The highest BCUT2D eigenvalue weighted by Gasteiger charge is 2.11. The molecule has 0 spiro atoms. The molecule has 0 heterocycles. The molecule has 1 aromatic carbocycles. The second-order valence-electron chi connectivity index (χ2n) is 3.64. The van der Waals surface area contributed by atoms with E-state index in [1.165, 1.54) is 12.1 Å². The molecule has 0 fully saturated rings. The fraction of sp³-hybridized carbons (Fsp3) is 0.286. The summed E-state index contributed by atoms with van der Waals surface area (Å²) < 4.78 is 14.7. The SMILES string of the molecule is C=CC(=O)OCCOCCOC(=O)c1ccccc1O. The zero-order valence-electron chi connectivity index (χ0n) is 10.9. The van der Waals surface area contributed by atoms with Gasteiger partial charge < -0.3 is 19.3 Å². The first-order valence-electron chi connectivity index (χ1n) is 5.97. The number of hydrogen-bond donors (Lipinski definition) is 1. The number of hydrogen-bond acceptors (Lipinski definition) is 6. The smallest absolute Gasteiger partial charge is 0.341 e. The Morgan fingerprint density at radius 1 is 1.10 bits per heavy atom. The van der Waals surface area contributed by atoms with Crippen LogP contribution in [0.25, 0.3) is 0 Å². The van der Waals surface area contributed by atoms with Gasteiger partial charge in [0.05, 0.1) is 13.2 Å². The van der Waals surface area contributed by atoms with E-state index in [-0.39, 0.29) is 37.7 Å². The van der Waals surface area contributed by atoms with Gasteiger partial charge in [-0.2, -0.15) is 0 Å². The third-order valence-corrected chi connectivity index (χ3v) is 2.22. The van der Waals surface area contributed by atoms with Crippen molar-refractivity contribution >= 4 is 11.9 Å². The lowest BCUT2D eigenvalue weighted by atomic mass is 10.2.